The summed E-state index contributed by atoms with van der Waals surface area (Å²) in [6.45, 7) is 4.82. The van der Waals surface area contributed by atoms with Crippen LogP contribution in [-0.2, 0) is 11.0 Å². The number of likely N-dealkylation sites (tertiary alicyclic amines) is 1. The predicted molar refractivity (Wildman–Crippen MR) is 88.9 cm³/mol. The molecule has 2 N–H and O–H groups in total. The highest BCUT2D eigenvalue weighted by atomic mass is 19.4. The molecule has 0 radical (unpaired) electrons. The maximum atomic E-state index is 13.0. The van der Waals surface area contributed by atoms with Gasteiger partial charge in [0.1, 0.15) is 0 Å². The zero-order valence-corrected chi connectivity index (χ0v) is 14.4. The second kappa shape index (κ2) is 8.67. The third kappa shape index (κ3) is 5.71. The standard InChI is InChI=1S/C18H25F3N2O2/c1-2-23-9-7-13(8-10-23)11-17(25)22-12-16(24)14-5-3-4-6-15(14)18(19,20)21/h3-6,13,16,24H,2,7-12H2,1H3,(H,22,25)/t16-/m0/s1. The zero-order chi connectivity index (χ0) is 18.4. The summed E-state index contributed by atoms with van der Waals surface area (Å²) < 4.78 is 38.9. The fraction of sp³-hybridized carbons (Fsp3) is 0.611. The molecule has 2 rings (SSSR count). The number of alkyl halides is 3. The van der Waals surface area contributed by atoms with Crippen LogP contribution in [0.4, 0.5) is 13.2 Å². The van der Waals surface area contributed by atoms with Crippen LogP contribution in [0.1, 0.15) is 43.4 Å². The van der Waals surface area contributed by atoms with Crippen LogP contribution in [0.5, 0.6) is 0 Å². The minimum atomic E-state index is -4.53. The van der Waals surface area contributed by atoms with E-state index in [-0.39, 0.29) is 18.0 Å². The molecule has 1 aliphatic heterocycles. The van der Waals surface area contributed by atoms with Gasteiger partial charge in [0.05, 0.1) is 11.7 Å². The first kappa shape index (κ1) is 19.7. The van der Waals surface area contributed by atoms with Crippen molar-refractivity contribution in [3.8, 4) is 0 Å². The summed E-state index contributed by atoms with van der Waals surface area (Å²) in [6.07, 6.45) is -3.68. The molecule has 1 aliphatic rings. The summed E-state index contributed by atoms with van der Waals surface area (Å²) in [7, 11) is 0. The van der Waals surface area contributed by atoms with E-state index in [1.807, 2.05) is 0 Å². The number of aliphatic hydroxyl groups excluding tert-OH is 1. The van der Waals surface area contributed by atoms with Crippen LogP contribution in [0.2, 0.25) is 0 Å². The largest absolute Gasteiger partial charge is 0.416 e. The van der Waals surface area contributed by atoms with E-state index in [4.69, 9.17) is 0 Å². The molecule has 7 heteroatoms. The molecular formula is C18H25F3N2O2. The van der Waals surface area contributed by atoms with Gasteiger partial charge < -0.3 is 15.3 Å². The van der Waals surface area contributed by atoms with E-state index >= 15 is 0 Å². The van der Waals surface area contributed by atoms with Crippen molar-refractivity contribution in [2.24, 2.45) is 5.92 Å². The third-order valence-corrected chi connectivity index (χ3v) is 4.75. The fourth-order valence-corrected chi connectivity index (χ4v) is 3.21. The van der Waals surface area contributed by atoms with E-state index in [2.05, 4.69) is 17.1 Å². The Morgan fingerprint density at radius 3 is 2.56 bits per heavy atom. The first-order chi connectivity index (χ1) is 11.8. The Labute approximate surface area is 146 Å². The van der Waals surface area contributed by atoms with Crippen LogP contribution in [0.15, 0.2) is 24.3 Å². The number of nitrogens with zero attached hydrogens (tertiary/aromatic N) is 1. The molecule has 0 saturated carbocycles. The van der Waals surface area contributed by atoms with Crippen LogP contribution in [0.25, 0.3) is 0 Å². The van der Waals surface area contributed by atoms with Gasteiger partial charge in [0.25, 0.3) is 0 Å². The summed E-state index contributed by atoms with van der Waals surface area (Å²) in [5.41, 5.74) is -1.09. The number of amides is 1. The third-order valence-electron chi connectivity index (χ3n) is 4.75. The molecule has 0 bridgehead atoms. The lowest BCUT2D eigenvalue weighted by atomic mass is 9.93. The second-order valence-electron chi connectivity index (χ2n) is 6.49. The molecular weight excluding hydrogens is 333 g/mol. The maximum Gasteiger partial charge on any atom is 0.416 e. The molecule has 0 aromatic heterocycles. The van der Waals surface area contributed by atoms with Gasteiger partial charge in [0, 0.05) is 13.0 Å². The van der Waals surface area contributed by atoms with Gasteiger partial charge in [0.2, 0.25) is 5.91 Å². The SMILES string of the molecule is CCN1CCC(CC(=O)NC[C@H](O)c2ccccc2C(F)(F)F)CC1. The molecule has 1 fully saturated rings. The van der Waals surface area contributed by atoms with Crippen molar-refractivity contribution < 1.29 is 23.1 Å². The van der Waals surface area contributed by atoms with Crippen molar-refractivity contribution in [3.05, 3.63) is 35.4 Å². The minimum absolute atomic E-state index is 0.216. The molecule has 0 spiro atoms. The van der Waals surface area contributed by atoms with E-state index in [0.29, 0.717) is 12.3 Å². The molecule has 0 aliphatic carbocycles. The van der Waals surface area contributed by atoms with Crippen molar-refractivity contribution in [2.75, 3.05) is 26.2 Å². The quantitative estimate of drug-likeness (QED) is 0.822. The van der Waals surface area contributed by atoms with E-state index in [1.54, 1.807) is 0 Å². The number of aliphatic hydroxyl groups is 1. The van der Waals surface area contributed by atoms with Crippen molar-refractivity contribution in [1.82, 2.24) is 10.2 Å². The maximum absolute atomic E-state index is 13.0. The molecule has 1 atom stereocenters. The van der Waals surface area contributed by atoms with Gasteiger partial charge in [-0.05, 0) is 50.0 Å². The second-order valence-corrected chi connectivity index (χ2v) is 6.49. The highest BCUT2D eigenvalue weighted by Gasteiger charge is 2.34. The fourth-order valence-electron chi connectivity index (χ4n) is 3.21. The lowest BCUT2D eigenvalue weighted by molar-refractivity contribution is -0.139. The van der Waals surface area contributed by atoms with Gasteiger partial charge in [0.15, 0.2) is 0 Å². The highest BCUT2D eigenvalue weighted by Crippen LogP contribution is 2.34. The normalized spacial score (nSPS) is 18.1. The molecule has 1 aromatic carbocycles. The minimum Gasteiger partial charge on any atom is -0.387 e. The topological polar surface area (TPSA) is 52.6 Å². The summed E-state index contributed by atoms with van der Waals surface area (Å²) in [4.78, 5) is 14.3. The summed E-state index contributed by atoms with van der Waals surface area (Å²) in [5.74, 6) is 0.0703. The Hall–Kier alpha value is -1.60. The van der Waals surface area contributed by atoms with E-state index in [9.17, 15) is 23.1 Å². The number of hydrogen-bond acceptors (Lipinski definition) is 3. The van der Waals surface area contributed by atoms with Gasteiger partial charge in [-0.25, -0.2) is 0 Å². The number of rotatable bonds is 6. The Morgan fingerprint density at radius 1 is 1.32 bits per heavy atom. The van der Waals surface area contributed by atoms with Gasteiger partial charge in [-0.2, -0.15) is 13.2 Å². The first-order valence-corrected chi connectivity index (χ1v) is 8.64. The van der Waals surface area contributed by atoms with E-state index < -0.39 is 17.8 Å². The van der Waals surface area contributed by atoms with Crippen molar-refractivity contribution >= 4 is 5.91 Å². The number of hydrogen-bond donors (Lipinski definition) is 2. The summed E-state index contributed by atoms with van der Waals surface area (Å²) in [5, 5.41) is 12.6. The van der Waals surface area contributed by atoms with Crippen molar-refractivity contribution in [3.63, 3.8) is 0 Å². The highest BCUT2D eigenvalue weighted by molar-refractivity contribution is 5.76. The lowest BCUT2D eigenvalue weighted by Crippen LogP contribution is -2.36. The smallest absolute Gasteiger partial charge is 0.387 e. The Kier molecular flexibility index (Phi) is 6.84. The Bertz CT molecular complexity index is 570. The molecule has 1 saturated heterocycles. The number of halogens is 3. The average Bonchev–Trinajstić information content (AvgIpc) is 2.59. The number of nitrogens with one attached hydrogen (secondary N) is 1. The molecule has 1 aromatic rings. The molecule has 0 unspecified atom stereocenters. The molecule has 140 valence electrons. The predicted octanol–water partition coefficient (Wildman–Crippen LogP) is 2.98. The number of benzene rings is 1. The molecule has 1 amide bonds. The van der Waals surface area contributed by atoms with Crippen LogP contribution in [-0.4, -0.2) is 42.1 Å². The molecule has 4 nitrogen and oxygen atoms in total. The molecule has 25 heavy (non-hydrogen) atoms. The van der Waals surface area contributed by atoms with Crippen LogP contribution < -0.4 is 5.32 Å². The summed E-state index contributed by atoms with van der Waals surface area (Å²) >= 11 is 0. The summed E-state index contributed by atoms with van der Waals surface area (Å²) in [6, 6.07) is 4.89. The average molecular weight is 358 g/mol. The van der Waals surface area contributed by atoms with Crippen LogP contribution in [0, 0.1) is 5.92 Å². The Balaban J connectivity index is 1.84. The van der Waals surface area contributed by atoms with Crippen LogP contribution in [0.3, 0.4) is 0 Å². The number of carbonyl (C=O) groups is 1. The van der Waals surface area contributed by atoms with Gasteiger partial charge >= 0.3 is 6.18 Å². The van der Waals surface area contributed by atoms with Gasteiger partial charge in [-0.3, -0.25) is 4.79 Å². The Morgan fingerprint density at radius 2 is 1.96 bits per heavy atom. The number of piperidine rings is 1. The van der Waals surface area contributed by atoms with E-state index in [0.717, 1.165) is 38.5 Å². The lowest BCUT2D eigenvalue weighted by Gasteiger charge is -2.30. The van der Waals surface area contributed by atoms with Crippen molar-refractivity contribution in [2.45, 2.75) is 38.5 Å². The van der Waals surface area contributed by atoms with Crippen molar-refractivity contribution in [1.29, 1.82) is 0 Å². The van der Waals surface area contributed by atoms with Gasteiger partial charge in [-0.1, -0.05) is 25.1 Å². The van der Waals surface area contributed by atoms with E-state index in [1.165, 1.54) is 18.2 Å². The number of carbonyl (C=O) groups excluding carboxylic acids is 1. The molecule has 1 heterocycles. The van der Waals surface area contributed by atoms with Gasteiger partial charge in [-0.15, -0.1) is 0 Å². The first-order valence-electron chi connectivity index (χ1n) is 8.64. The zero-order valence-electron chi connectivity index (χ0n) is 14.4. The monoisotopic (exact) mass is 358 g/mol. The van der Waals surface area contributed by atoms with Crippen LogP contribution >= 0.6 is 0 Å².